The Morgan fingerprint density at radius 1 is 1.44 bits per heavy atom. The quantitative estimate of drug-likeness (QED) is 0.779. The number of thiophene rings is 1. The fourth-order valence-electron chi connectivity index (χ4n) is 1.76. The first-order chi connectivity index (χ1) is 8.61. The lowest BCUT2D eigenvalue weighted by molar-refractivity contribution is 0.881. The van der Waals surface area contributed by atoms with Crippen molar-refractivity contribution in [3.63, 3.8) is 0 Å². The molecule has 0 bridgehead atoms. The maximum atomic E-state index is 6.10. The standard InChI is InChI=1S/C12H13BrClN3S/c1-3-10-11(14)15-7-16-12(10)17(2)5-9-4-8(13)6-18-9/h4,6-7H,3,5H2,1-2H3. The van der Waals surface area contributed by atoms with Crippen molar-refractivity contribution in [2.75, 3.05) is 11.9 Å². The van der Waals surface area contributed by atoms with Gasteiger partial charge < -0.3 is 4.90 Å². The molecule has 0 aromatic carbocycles. The van der Waals surface area contributed by atoms with E-state index in [0.717, 1.165) is 28.8 Å². The topological polar surface area (TPSA) is 29.0 Å². The van der Waals surface area contributed by atoms with Gasteiger partial charge in [-0.25, -0.2) is 9.97 Å². The van der Waals surface area contributed by atoms with Crippen LogP contribution in [-0.2, 0) is 13.0 Å². The predicted octanol–water partition coefficient (Wildman–Crippen LogP) is 4.15. The maximum Gasteiger partial charge on any atom is 0.137 e. The first kappa shape index (κ1) is 13.8. The molecule has 2 aromatic heterocycles. The van der Waals surface area contributed by atoms with E-state index in [4.69, 9.17) is 11.6 Å². The maximum absolute atomic E-state index is 6.10. The third-order valence-corrected chi connectivity index (χ3v) is 4.61. The summed E-state index contributed by atoms with van der Waals surface area (Å²) < 4.78 is 1.12. The number of nitrogens with zero attached hydrogens (tertiary/aromatic N) is 3. The summed E-state index contributed by atoms with van der Waals surface area (Å²) in [5.74, 6) is 0.905. The fourth-order valence-corrected chi connectivity index (χ4v) is 3.53. The molecule has 0 N–H and O–H groups in total. The van der Waals surface area contributed by atoms with Crippen molar-refractivity contribution in [3.8, 4) is 0 Å². The second-order valence-corrected chi connectivity index (χ2v) is 6.18. The van der Waals surface area contributed by atoms with Gasteiger partial charge in [-0.05, 0) is 28.4 Å². The van der Waals surface area contributed by atoms with Crippen molar-refractivity contribution in [2.24, 2.45) is 0 Å². The number of anilines is 1. The van der Waals surface area contributed by atoms with Crippen LogP contribution in [0.4, 0.5) is 5.82 Å². The monoisotopic (exact) mass is 345 g/mol. The number of hydrogen-bond donors (Lipinski definition) is 0. The summed E-state index contributed by atoms with van der Waals surface area (Å²) in [6.45, 7) is 2.88. The molecule has 3 nitrogen and oxygen atoms in total. The zero-order chi connectivity index (χ0) is 13.1. The van der Waals surface area contributed by atoms with Crippen LogP contribution < -0.4 is 4.90 Å². The van der Waals surface area contributed by atoms with Gasteiger partial charge in [-0.3, -0.25) is 0 Å². The van der Waals surface area contributed by atoms with E-state index < -0.39 is 0 Å². The van der Waals surface area contributed by atoms with Crippen LogP contribution in [0, 0.1) is 0 Å². The Kier molecular flexibility index (Phi) is 4.59. The molecule has 0 aliphatic heterocycles. The van der Waals surface area contributed by atoms with Gasteiger partial charge >= 0.3 is 0 Å². The van der Waals surface area contributed by atoms with Gasteiger partial charge in [0, 0.05) is 27.3 Å². The molecule has 0 atom stereocenters. The van der Waals surface area contributed by atoms with Crippen LogP contribution in [0.2, 0.25) is 5.15 Å². The van der Waals surface area contributed by atoms with Crippen LogP contribution in [0.3, 0.4) is 0 Å². The highest BCUT2D eigenvalue weighted by atomic mass is 79.9. The van der Waals surface area contributed by atoms with E-state index >= 15 is 0 Å². The summed E-state index contributed by atoms with van der Waals surface area (Å²) in [5.41, 5.74) is 0.997. The Hall–Kier alpha value is -0.650. The zero-order valence-electron chi connectivity index (χ0n) is 10.2. The minimum Gasteiger partial charge on any atom is -0.354 e. The predicted molar refractivity (Wildman–Crippen MR) is 80.5 cm³/mol. The molecule has 0 saturated heterocycles. The van der Waals surface area contributed by atoms with Crippen molar-refractivity contribution in [1.29, 1.82) is 0 Å². The van der Waals surface area contributed by atoms with E-state index in [9.17, 15) is 0 Å². The summed E-state index contributed by atoms with van der Waals surface area (Å²) in [5, 5.41) is 2.62. The fraction of sp³-hybridized carbons (Fsp3) is 0.333. The van der Waals surface area contributed by atoms with E-state index in [0.29, 0.717) is 5.15 Å². The molecular formula is C12H13BrClN3S. The van der Waals surface area contributed by atoms with Crippen molar-refractivity contribution < 1.29 is 0 Å². The Morgan fingerprint density at radius 2 is 2.22 bits per heavy atom. The SMILES string of the molecule is CCc1c(Cl)ncnc1N(C)Cc1cc(Br)cs1. The third-order valence-electron chi connectivity index (χ3n) is 2.60. The van der Waals surface area contributed by atoms with Crippen molar-refractivity contribution in [1.82, 2.24) is 9.97 Å². The van der Waals surface area contributed by atoms with Crippen molar-refractivity contribution >= 4 is 44.7 Å². The average Bonchev–Trinajstić information content (AvgIpc) is 2.74. The lowest BCUT2D eigenvalue weighted by Gasteiger charge is -2.20. The van der Waals surface area contributed by atoms with Crippen LogP contribution in [0.1, 0.15) is 17.4 Å². The van der Waals surface area contributed by atoms with E-state index in [2.05, 4.69) is 49.2 Å². The van der Waals surface area contributed by atoms with E-state index in [1.807, 2.05) is 7.05 Å². The van der Waals surface area contributed by atoms with Gasteiger partial charge in [0.25, 0.3) is 0 Å². The molecule has 0 saturated carbocycles. The van der Waals surface area contributed by atoms with Crippen molar-refractivity contribution in [2.45, 2.75) is 19.9 Å². The summed E-state index contributed by atoms with van der Waals surface area (Å²) in [4.78, 5) is 11.7. The first-order valence-electron chi connectivity index (χ1n) is 5.55. The summed E-state index contributed by atoms with van der Waals surface area (Å²) in [6.07, 6.45) is 2.34. The van der Waals surface area contributed by atoms with Crippen LogP contribution in [0.15, 0.2) is 22.2 Å². The van der Waals surface area contributed by atoms with E-state index in [-0.39, 0.29) is 0 Å². The van der Waals surface area contributed by atoms with E-state index in [1.165, 1.54) is 11.2 Å². The van der Waals surface area contributed by atoms with E-state index in [1.54, 1.807) is 11.3 Å². The lowest BCUT2D eigenvalue weighted by Crippen LogP contribution is -2.19. The summed E-state index contributed by atoms with van der Waals surface area (Å²) in [7, 11) is 2.02. The van der Waals surface area contributed by atoms with Gasteiger partial charge in [0.15, 0.2) is 0 Å². The minimum atomic E-state index is 0.543. The number of aromatic nitrogens is 2. The average molecular weight is 347 g/mol. The lowest BCUT2D eigenvalue weighted by atomic mass is 10.2. The largest absolute Gasteiger partial charge is 0.354 e. The molecule has 18 heavy (non-hydrogen) atoms. The second-order valence-electron chi connectivity index (χ2n) is 3.91. The molecule has 0 aliphatic carbocycles. The molecule has 2 rings (SSSR count). The molecule has 2 aromatic rings. The highest BCUT2D eigenvalue weighted by Crippen LogP contribution is 2.26. The zero-order valence-corrected chi connectivity index (χ0v) is 13.3. The van der Waals surface area contributed by atoms with Crippen LogP contribution >= 0.6 is 38.9 Å². The van der Waals surface area contributed by atoms with Gasteiger partial charge in [0.05, 0.1) is 6.54 Å². The van der Waals surface area contributed by atoms with Crippen molar-refractivity contribution in [3.05, 3.63) is 37.8 Å². The Balaban J connectivity index is 2.23. The summed E-state index contributed by atoms with van der Waals surface area (Å²) >= 11 is 11.3. The third kappa shape index (κ3) is 3.02. The van der Waals surface area contributed by atoms with Crippen LogP contribution in [-0.4, -0.2) is 17.0 Å². The molecule has 0 amide bonds. The van der Waals surface area contributed by atoms with Gasteiger partial charge in [-0.1, -0.05) is 18.5 Å². The number of hydrogen-bond acceptors (Lipinski definition) is 4. The van der Waals surface area contributed by atoms with Gasteiger partial charge in [0.2, 0.25) is 0 Å². The Bertz CT molecular complexity index is 544. The molecule has 0 unspecified atom stereocenters. The molecule has 6 heteroatoms. The molecule has 0 radical (unpaired) electrons. The van der Waals surface area contributed by atoms with Gasteiger partial charge in [-0.15, -0.1) is 11.3 Å². The molecule has 0 aliphatic rings. The molecular weight excluding hydrogens is 334 g/mol. The number of rotatable bonds is 4. The normalized spacial score (nSPS) is 10.7. The first-order valence-corrected chi connectivity index (χ1v) is 7.60. The van der Waals surface area contributed by atoms with Crippen LogP contribution in [0.5, 0.6) is 0 Å². The molecule has 2 heterocycles. The highest BCUT2D eigenvalue weighted by molar-refractivity contribution is 9.10. The van der Waals surface area contributed by atoms with Gasteiger partial charge in [-0.2, -0.15) is 0 Å². The Labute approximate surface area is 124 Å². The molecule has 0 fully saturated rings. The minimum absolute atomic E-state index is 0.543. The van der Waals surface area contributed by atoms with Crippen LogP contribution in [0.25, 0.3) is 0 Å². The smallest absolute Gasteiger partial charge is 0.137 e. The second kappa shape index (κ2) is 5.99. The highest BCUT2D eigenvalue weighted by Gasteiger charge is 2.13. The van der Waals surface area contributed by atoms with Gasteiger partial charge in [0.1, 0.15) is 17.3 Å². The Morgan fingerprint density at radius 3 is 2.83 bits per heavy atom. The molecule has 96 valence electrons. The summed E-state index contributed by atoms with van der Waals surface area (Å²) in [6, 6.07) is 2.12. The molecule has 0 spiro atoms. The number of halogens is 2.